The molecule has 2 heterocycles. The van der Waals surface area contributed by atoms with Crippen LogP contribution in [0.15, 0.2) is 108 Å². The quantitative estimate of drug-likeness (QED) is 0.206. The van der Waals surface area contributed by atoms with Crippen molar-refractivity contribution in [2.24, 2.45) is 0 Å². The van der Waals surface area contributed by atoms with E-state index < -0.39 is 66.3 Å². The molecular formula is C32H26N2O10. The molecular weight excluding hydrogens is 572 g/mol. The SMILES string of the molecule is COC(=O)c1nccn([C@@H]2O[C@H](COC(=O)c3ccccc3)C(OC(=O)c3ccccc3)C2OC(=O)c2ccccc2)c1=O. The van der Waals surface area contributed by atoms with Gasteiger partial charge in [-0.05, 0) is 36.4 Å². The largest absolute Gasteiger partial charge is 0.464 e. The lowest BCUT2D eigenvalue weighted by molar-refractivity contribution is -0.0636. The van der Waals surface area contributed by atoms with Crippen LogP contribution in [0.3, 0.4) is 0 Å². The van der Waals surface area contributed by atoms with Crippen molar-refractivity contribution in [2.45, 2.75) is 24.5 Å². The summed E-state index contributed by atoms with van der Waals surface area (Å²) >= 11 is 0. The predicted octanol–water partition coefficient (Wildman–Crippen LogP) is 3.24. The molecule has 0 amide bonds. The highest BCUT2D eigenvalue weighted by Crippen LogP contribution is 2.35. The van der Waals surface area contributed by atoms with Gasteiger partial charge in [-0.3, -0.25) is 9.36 Å². The zero-order chi connectivity index (χ0) is 31.1. The maximum absolute atomic E-state index is 13.4. The molecule has 1 aromatic heterocycles. The molecule has 4 aromatic rings. The average Bonchev–Trinajstić information content (AvgIpc) is 3.40. The Morgan fingerprint density at radius 3 is 1.75 bits per heavy atom. The van der Waals surface area contributed by atoms with Crippen molar-refractivity contribution in [1.82, 2.24) is 9.55 Å². The summed E-state index contributed by atoms with van der Waals surface area (Å²) in [4.78, 5) is 68.7. The lowest BCUT2D eigenvalue weighted by Crippen LogP contribution is -2.42. The molecule has 44 heavy (non-hydrogen) atoms. The van der Waals surface area contributed by atoms with Crippen LogP contribution in [0.2, 0.25) is 0 Å². The van der Waals surface area contributed by atoms with Crippen LogP contribution in [0.25, 0.3) is 0 Å². The Bertz CT molecular complexity index is 1690. The van der Waals surface area contributed by atoms with Gasteiger partial charge >= 0.3 is 23.9 Å². The molecule has 0 radical (unpaired) electrons. The average molecular weight is 599 g/mol. The number of benzene rings is 3. The Labute approximate surface area is 250 Å². The lowest BCUT2D eigenvalue weighted by atomic mass is 10.1. The van der Waals surface area contributed by atoms with Crippen molar-refractivity contribution < 1.29 is 42.9 Å². The van der Waals surface area contributed by atoms with Crippen molar-refractivity contribution in [3.63, 3.8) is 0 Å². The summed E-state index contributed by atoms with van der Waals surface area (Å²) in [5.41, 5.74) is -0.836. The van der Waals surface area contributed by atoms with E-state index in [1.165, 1.54) is 36.7 Å². The van der Waals surface area contributed by atoms with Gasteiger partial charge in [0.1, 0.15) is 12.7 Å². The third-order valence-electron chi connectivity index (χ3n) is 6.70. The third-order valence-corrected chi connectivity index (χ3v) is 6.70. The highest BCUT2D eigenvalue weighted by Gasteiger charge is 2.52. The molecule has 1 fully saturated rings. The maximum Gasteiger partial charge on any atom is 0.362 e. The Morgan fingerprint density at radius 1 is 0.727 bits per heavy atom. The molecule has 12 heteroatoms. The van der Waals surface area contributed by atoms with Crippen LogP contribution in [0, 0.1) is 0 Å². The van der Waals surface area contributed by atoms with Crippen LogP contribution in [-0.4, -0.2) is 65.5 Å². The normalized spacial score (nSPS) is 19.0. The Hall–Kier alpha value is -5.62. The van der Waals surface area contributed by atoms with Crippen molar-refractivity contribution in [2.75, 3.05) is 13.7 Å². The molecule has 0 bridgehead atoms. The molecule has 0 aliphatic carbocycles. The molecule has 3 aromatic carbocycles. The van der Waals surface area contributed by atoms with Gasteiger partial charge in [0.25, 0.3) is 5.56 Å². The smallest absolute Gasteiger partial charge is 0.362 e. The van der Waals surface area contributed by atoms with Crippen LogP contribution < -0.4 is 5.56 Å². The van der Waals surface area contributed by atoms with Gasteiger partial charge in [0.15, 0.2) is 18.4 Å². The zero-order valence-corrected chi connectivity index (χ0v) is 23.3. The maximum atomic E-state index is 13.4. The number of rotatable bonds is 9. The van der Waals surface area contributed by atoms with Gasteiger partial charge in [-0.1, -0.05) is 54.6 Å². The van der Waals surface area contributed by atoms with Crippen LogP contribution >= 0.6 is 0 Å². The lowest BCUT2D eigenvalue weighted by Gasteiger charge is -2.25. The Kier molecular flexibility index (Phi) is 9.21. The summed E-state index contributed by atoms with van der Waals surface area (Å²) in [7, 11) is 1.09. The molecule has 4 atom stereocenters. The van der Waals surface area contributed by atoms with E-state index >= 15 is 0 Å². The second kappa shape index (κ2) is 13.6. The second-order valence-corrected chi connectivity index (χ2v) is 9.48. The first-order valence-corrected chi connectivity index (χ1v) is 13.4. The first-order valence-electron chi connectivity index (χ1n) is 13.4. The van der Waals surface area contributed by atoms with E-state index in [1.807, 2.05) is 0 Å². The molecule has 5 rings (SSSR count). The van der Waals surface area contributed by atoms with Gasteiger partial charge < -0.3 is 23.7 Å². The fourth-order valence-corrected chi connectivity index (χ4v) is 4.54. The molecule has 2 unspecified atom stereocenters. The van der Waals surface area contributed by atoms with Gasteiger partial charge in [-0.15, -0.1) is 0 Å². The Morgan fingerprint density at radius 2 is 1.23 bits per heavy atom. The highest BCUT2D eigenvalue weighted by atomic mass is 16.7. The number of nitrogens with zero attached hydrogens (tertiary/aromatic N) is 2. The molecule has 1 saturated heterocycles. The van der Waals surface area contributed by atoms with Crippen LogP contribution in [-0.2, 0) is 23.7 Å². The van der Waals surface area contributed by atoms with E-state index in [0.29, 0.717) is 0 Å². The second-order valence-electron chi connectivity index (χ2n) is 9.48. The number of esters is 4. The number of carbonyl (C=O) groups is 4. The minimum atomic E-state index is -1.44. The van der Waals surface area contributed by atoms with Gasteiger partial charge in [0.2, 0.25) is 5.69 Å². The minimum absolute atomic E-state index is 0.177. The van der Waals surface area contributed by atoms with Crippen LogP contribution in [0.4, 0.5) is 0 Å². The molecule has 1 aliphatic rings. The predicted molar refractivity (Wildman–Crippen MR) is 152 cm³/mol. The Balaban J connectivity index is 1.53. The summed E-state index contributed by atoms with van der Waals surface area (Å²) in [6, 6.07) is 24.3. The van der Waals surface area contributed by atoms with E-state index in [9.17, 15) is 24.0 Å². The number of aromatic nitrogens is 2. The number of hydrogen-bond donors (Lipinski definition) is 0. The van der Waals surface area contributed by atoms with Gasteiger partial charge in [0, 0.05) is 12.4 Å². The van der Waals surface area contributed by atoms with E-state index in [4.69, 9.17) is 18.9 Å². The van der Waals surface area contributed by atoms with Gasteiger partial charge in [0.05, 0.1) is 23.8 Å². The molecule has 0 saturated carbocycles. The van der Waals surface area contributed by atoms with E-state index in [-0.39, 0.29) is 16.7 Å². The monoisotopic (exact) mass is 598 g/mol. The first-order chi connectivity index (χ1) is 21.4. The van der Waals surface area contributed by atoms with Crippen LogP contribution in [0.1, 0.15) is 47.8 Å². The van der Waals surface area contributed by atoms with E-state index in [2.05, 4.69) is 9.72 Å². The van der Waals surface area contributed by atoms with Gasteiger partial charge in [-0.2, -0.15) is 0 Å². The molecule has 0 N–H and O–H groups in total. The summed E-state index contributed by atoms with van der Waals surface area (Å²) in [5, 5.41) is 0. The fraction of sp³-hybridized carbons (Fsp3) is 0.188. The van der Waals surface area contributed by atoms with Crippen LogP contribution in [0.5, 0.6) is 0 Å². The number of ether oxygens (including phenoxy) is 5. The number of hydrogen-bond acceptors (Lipinski definition) is 11. The number of carbonyl (C=O) groups excluding carboxylic acids is 4. The van der Waals surface area contributed by atoms with Gasteiger partial charge in [-0.25, -0.2) is 24.2 Å². The molecule has 0 spiro atoms. The standard InChI is InChI=1S/C32H26N2O10/c1-40-32(39)24-27(35)34(18-17-33-24)28-26(44-31(38)22-15-9-4-10-16-22)25(43-30(37)21-13-7-3-8-14-21)23(42-28)19-41-29(36)20-11-5-2-6-12-20/h2-18,23,25-26,28H,19H2,1H3/t23-,25?,26?,28-/m1/s1. The van der Waals surface area contributed by atoms with Crippen molar-refractivity contribution >= 4 is 23.9 Å². The minimum Gasteiger partial charge on any atom is -0.464 e. The number of methoxy groups -OCH3 is 1. The van der Waals surface area contributed by atoms with Crippen molar-refractivity contribution in [3.8, 4) is 0 Å². The van der Waals surface area contributed by atoms with E-state index in [1.54, 1.807) is 66.7 Å². The first kappa shape index (κ1) is 29.9. The summed E-state index contributed by atoms with van der Waals surface area (Å²) in [6.45, 7) is -0.444. The molecule has 1 aliphatic heterocycles. The van der Waals surface area contributed by atoms with Crippen molar-refractivity contribution in [3.05, 3.63) is 136 Å². The molecule has 12 nitrogen and oxygen atoms in total. The third kappa shape index (κ3) is 6.55. The fourth-order valence-electron chi connectivity index (χ4n) is 4.54. The summed E-state index contributed by atoms with van der Waals surface area (Å²) in [6.07, 6.45) is -3.07. The van der Waals surface area contributed by atoms with Crippen molar-refractivity contribution in [1.29, 1.82) is 0 Å². The topological polar surface area (TPSA) is 149 Å². The summed E-state index contributed by atoms with van der Waals surface area (Å²) in [5.74, 6) is -3.27. The zero-order valence-electron chi connectivity index (χ0n) is 23.3. The van der Waals surface area contributed by atoms with E-state index in [0.717, 1.165) is 11.7 Å². The summed E-state index contributed by atoms with van der Waals surface area (Å²) < 4.78 is 28.9. The molecule has 224 valence electrons. The highest BCUT2D eigenvalue weighted by molar-refractivity contribution is 5.91.